The summed E-state index contributed by atoms with van der Waals surface area (Å²) in [7, 11) is 0. The van der Waals surface area contributed by atoms with E-state index in [1.165, 1.54) is 0 Å². The molecule has 2 atom stereocenters. The van der Waals surface area contributed by atoms with Crippen LogP contribution in [0.2, 0.25) is 10.0 Å². The molecule has 7 rings (SSSR count). The highest BCUT2D eigenvalue weighted by atomic mass is 35.5. The first-order chi connectivity index (χ1) is 20.4. The van der Waals surface area contributed by atoms with Gasteiger partial charge in [0.1, 0.15) is 11.2 Å². The molecule has 0 saturated heterocycles. The van der Waals surface area contributed by atoms with Crippen LogP contribution in [0.15, 0.2) is 146 Å². The van der Waals surface area contributed by atoms with E-state index in [-0.39, 0.29) is 0 Å². The number of rotatable bonds is 4. The van der Waals surface area contributed by atoms with Gasteiger partial charge in [0.15, 0.2) is 0 Å². The fraction of sp³-hybridized carbons (Fsp3) is 0.0526. The molecule has 0 saturated carbocycles. The second kappa shape index (κ2) is 10.3. The molecular formula is C38H26Cl2O2. The summed E-state index contributed by atoms with van der Waals surface area (Å²) in [5.74, 6) is 0. The lowest BCUT2D eigenvalue weighted by atomic mass is 9.63. The van der Waals surface area contributed by atoms with E-state index in [2.05, 4.69) is 24.3 Å². The molecular weight excluding hydrogens is 559 g/mol. The van der Waals surface area contributed by atoms with Crippen molar-refractivity contribution in [2.75, 3.05) is 0 Å². The molecule has 6 aromatic rings. The largest absolute Gasteiger partial charge is 0.376 e. The van der Waals surface area contributed by atoms with Crippen LogP contribution < -0.4 is 0 Å². The summed E-state index contributed by atoms with van der Waals surface area (Å²) in [4.78, 5) is 0. The molecule has 0 bridgehead atoms. The summed E-state index contributed by atoms with van der Waals surface area (Å²) >= 11 is 13.9. The molecule has 0 radical (unpaired) electrons. The summed E-state index contributed by atoms with van der Waals surface area (Å²) in [5.41, 5.74) is 3.97. The molecule has 0 amide bonds. The third-order valence-corrected chi connectivity index (χ3v) is 8.98. The van der Waals surface area contributed by atoms with Crippen LogP contribution in [0.3, 0.4) is 0 Å². The van der Waals surface area contributed by atoms with Crippen LogP contribution >= 0.6 is 23.2 Å². The topological polar surface area (TPSA) is 40.5 Å². The van der Waals surface area contributed by atoms with E-state index < -0.39 is 11.2 Å². The number of benzene rings is 6. The van der Waals surface area contributed by atoms with Gasteiger partial charge in [0, 0.05) is 32.3 Å². The maximum atomic E-state index is 12.8. The van der Waals surface area contributed by atoms with Crippen molar-refractivity contribution in [2.45, 2.75) is 11.2 Å². The maximum absolute atomic E-state index is 12.8. The van der Waals surface area contributed by atoms with Crippen LogP contribution in [0, 0.1) is 0 Å². The van der Waals surface area contributed by atoms with E-state index in [1.807, 2.05) is 97.1 Å². The number of halogens is 2. The van der Waals surface area contributed by atoms with Gasteiger partial charge >= 0.3 is 0 Å². The maximum Gasteiger partial charge on any atom is 0.142 e. The molecule has 0 aliphatic heterocycles. The average Bonchev–Trinajstić information content (AvgIpc) is 3.04. The second-order valence-electron chi connectivity index (χ2n) is 10.6. The molecule has 2 N–H and O–H groups in total. The van der Waals surface area contributed by atoms with Gasteiger partial charge in [0.2, 0.25) is 0 Å². The van der Waals surface area contributed by atoms with Crippen molar-refractivity contribution in [2.24, 2.45) is 0 Å². The molecule has 2 nitrogen and oxygen atoms in total. The Kier molecular flexibility index (Phi) is 6.53. The lowest BCUT2D eigenvalue weighted by Crippen LogP contribution is -2.44. The predicted octanol–water partition coefficient (Wildman–Crippen LogP) is 9.21. The van der Waals surface area contributed by atoms with Crippen LogP contribution in [0.25, 0.3) is 22.3 Å². The van der Waals surface area contributed by atoms with Gasteiger partial charge in [-0.25, -0.2) is 0 Å². The Balaban J connectivity index is 1.45. The van der Waals surface area contributed by atoms with Gasteiger partial charge in [-0.05, 0) is 45.5 Å². The van der Waals surface area contributed by atoms with Crippen LogP contribution in [0.5, 0.6) is 0 Å². The minimum absolute atomic E-state index is 0.354. The van der Waals surface area contributed by atoms with E-state index in [0.717, 1.165) is 22.3 Å². The lowest BCUT2D eigenvalue weighted by Gasteiger charge is -2.46. The summed E-state index contributed by atoms with van der Waals surface area (Å²) in [6, 6.07) is 46.5. The first-order valence-corrected chi connectivity index (χ1v) is 14.5. The SMILES string of the molecule is OC1(c2ccc(-c3ccccc3)cc2)c2cccc(Cl)c2C(O)(c2ccc(-c3ccccc3)cc2)c2cccc(Cl)c21. The van der Waals surface area contributed by atoms with Crippen molar-refractivity contribution in [1.29, 1.82) is 0 Å². The van der Waals surface area contributed by atoms with Gasteiger partial charge in [-0.1, -0.05) is 157 Å². The summed E-state index contributed by atoms with van der Waals surface area (Å²) in [5, 5.41) is 26.4. The molecule has 0 spiro atoms. The number of hydrogen-bond donors (Lipinski definition) is 2. The predicted molar refractivity (Wildman–Crippen MR) is 171 cm³/mol. The molecule has 4 heteroatoms. The number of hydrogen-bond acceptors (Lipinski definition) is 2. The highest BCUT2D eigenvalue weighted by molar-refractivity contribution is 6.32. The van der Waals surface area contributed by atoms with Gasteiger partial charge < -0.3 is 10.2 Å². The molecule has 2 unspecified atom stereocenters. The smallest absolute Gasteiger partial charge is 0.142 e. The summed E-state index contributed by atoms with van der Waals surface area (Å²) < 4.78 is 0. The van der Waals surface area contributed by atoms with Crippen molar-refractivity contribution >= 4 is 23.2 Å². The normalized spacial score (nSPS) is 19.1. The van der Waals surface area contributed by atoms with Crippen molar-refractivity contribution in [3.63, 3.8) is 0 Å². The van der Waals surface area contributed by atoms with Gasteiger partial charge in [0.25, 0.3) is 0 Å². The fourth-order valence-corrected chi connectivity index (χ4v) is 6.95. The molecule has 204 valence electrons. The van der Waals surface area contributed by atoms with Crippen molar-refractivity contribution in [1.82, 2.24) is 0 Å². The average molecular weight is 586 g/mol. The Labute approximate surface area is 255 Å². The quantitative estimate of drug-likeness (QED) is 0.217. The van der Waals surface area contributed by atoms with E-state index in [9.17, 15) is 10.2 Å². The van der Waals surface area contributed by atoms with Crippen molar-refractivity contribution < 1.29 is 10.2 Å². The number of fused-ring (bicyclic) bond motifs is 2. The first kappa shape index (κ1) is 26.7. The van der Waals surface area contributed by atoms with Gasteiger partial charge in [-0.2, -0.15) is 0 Å². The van der Waals surface area contributed by atoms with Gasteiger partial charge in [-0.15, -0.1) is 0 Å². The van der Waals surface area contributed by atoms with Gasteiger partial charge in [-0.3, -0.25) is 0 Å². The first-order valence-electron chi connectivity index (χ1n) is 13.8. The highest BCUT2D eigenvalue weighted by Gasteiger charge is 2.53. The van der Waals surface area contributed by atoms with Crippen LogP contribution in [-0.2, 0) is 11.2 Å². The Morgan fingerprint density at radius 2 is 0.690 bits per heavy atom. The fourth-order valence-electron chi connectivity index (χ4n) is 6.32. The van der Waals surface area contributed by atoms with Gasteiger partial charge in [0.05, 0.1) is 0 Å². The third kappa shape index (κ3) is 4.03. The zero-order valence-electron chi connectivity index (χ0n) is 22.5. The molecule has 0 aromatic heterocycles. The Bertz CT molecular complexity index is 1760. The van der Waals surface area contributed by atoms with Crippen molar-refractivity contribution in [3.8, 4) is 22.3 Å². The zero-order valence-corrected chi connectivity index (χ0v) is 24.0. The van der Waals surface area contributed by atoms with Crippen LogP contribution in [0.4, 0.5) is 0 Å². The van der Waals surface area contributed by atoms with Crippen LogP contribution in [-0.4, -0.2) is 10.2 Å². The molecule has 42 heavy (non-hydrogen) atoms. The summed E-state index contributed by atoms with van der Waals surface area (Å²) in [6.07, 6.45) is 0. The Morgan fingerprint density at radius 3 is 1.05 bits per heavy atom. The van der Waals surface area contributed by atoms with Crippen molar-refractivity contribution in [3.05, 3.63) is 189 Å². The van der Waals surface area contributed by atoms with E-state index in [1.54, 1.807) is 24.3 Å². The minimum atomic E-state index is -1.67. The molecule has 0 fully saturated rings. The Morgan fingerprint density at radius 1 is 0.357 bits per heavy atom. The molecule has 0 heterocycles. The van der Waals surface area contributed by atoms with Crippen LogP contribution in [0.1, 0.15) is 33.4 Å². The summed E-state index contributed by atoms with van der Waals surface area (Å²) in [6.45, 7) is 0. The van der Waals surface area contributed by atoms with E-state index in [0.29, 0.717) is 43.4 Å². The molecule has 6 aromatic carbocycles. The standard InChI is InChI=1S/C38H26Cl2O2/c39-33-15-8-14-32-35(33)37(41,29-21-17-27(18-22-29)25-9-3-1-4-10-25)31-13-7-16-34(40)36(31)38(32,42)30-23-19-28(20-24-30)26-11-5-2-6-12-26/h1-24,41-42H. The van der Waals surface area contributed by atoms with E-state index >= 15 is 0 Å². The number of aliphatic hydroxyl groups is 2. The zero-order chi connectivity index (χ0) is 28.9. The van der Waals surface area contributed by atoms with E-state index in [4.69, 9.17) is 23.2 Å². The molecule has 1 aliphatic rings. The third-order valence-electron chi connectivity index (χ3n) is 8.35. The molecule has 1 aliphatic carbocycles. The minimum Gasteiger partial charge on any atom is -0.376 e. The second-order valence-corrected chi connectivity index (χ2v) is 11.4. The Hall–Kier alpha value is -4.18. The lowest BCUT2D eigenvalue weighted by molar-refractivity contribution is 0.0749. The monoisotopic (exact) mass is 584 g/mol. The highest BCUT2D eigenvalue weighted by Crippen LogP contribution is 2.56.